The zero-order chi connectivity index (χ0) is 27.8. The summed E-state index contributed by atoms with van der Waals surface area (Å²) in [5, 5.41) is 3.60. The summed E-state index contributed by atoms with van der Waals surface area (Å²) >= 11 is 0. The number of fused-ring (bicyclic) bond motifs is 2. The summed E-state index contributed by atoms with van der Waals surface area (Å²) in [4.78, 5) is 71.7. The number of methoxy groups -OCH3 is 1. The van der Waals surface area contributed by atoms with Crippen LogP contribution in [0.3, 0.4) is 0 Å². The minimum Gasteiger partial charge on any atom is -0.496 e. The quantitative estimate of drug-likeness (QED) is 0.499. The van der Waals surface area contributed by atoms with Crippen molar-refractivity contribution in [2.45, 2.75) is 57.0 Å². The van der Waals surface area contributed by atoms with Gasteiger partial charge in [-0.3, -0.25) is 24.0 Å². The molecule has 1 aliphatic heterocycles. The Labute approximate surface area is 227 Å². The summed E-state index contributed by atoms with van der Waals surface area (Å²) in [6, 6.07) is 5.38. The van der Waals surface area contributed by atoms with Crippen molar-refractivity contribution in [2.75, 3.05) is 27.7 Å². The van der Waals surface area contributed by atoms with E-state index in [0.29, 0.717) is 30.8 Å². The molecule has 10 heteroatoms. The number of Topliss-reactive ketones (excluding diaryl/α,β-unsaturated/α-hetero) is 2. The molecule has 3 amide bonds. The summed E-state index contributed by atoms with van der Waals surface area (Å²) in [6.07, 6.45) is 4.63. The van der Waals surface area contributed by atoms with Crippen molar-refractivity contribution in [3.63, 3.8) is 0 Å². The Balaban J connectivity index is 1.41. The molecular formula is C29H36N4O6. The van der Waals surface area contributed by atoms with E-state index in [1.807, 2.05) is 18.2 Å². The van der Waals surface area contributed by atoms with Crippen LogP contribution in [0.1, 0.15) is 55.4 Å². The molecule has 2 N–H and O–H groups in total. The summed E-state index contributed by atoms with van der Waals surface area (Å²) in [5.41, 5.74) is 1.12. The average molecular weight is 537 g/mol. The molecule has 208 valence electrons. The van der Waals surface area contributed by atoms with Crippen LogP contribution >= 0.6 is 0 Å². The number of carbonyl (C=O) groups is 5. The third kappa shape index (κ3) is 5.04. The molecule has 1 aromatic carbocycles. The molecule has 5 atom stereocenters. The van der Waals surface area contributed by atoms with Gasteiger partial charge < -0.3 is 24.8 Å². The number of hydrogen-bond acceptors (Lipinski definition) is 6. The van der Waals surface area contributed by atoms with E-state index in [1.54, 1.807) is 18.1 Å². The molecule has 2 saturated carbocycles. The number of ether oxygens (including phenoxy) is 1. The van der Waals surface area contributed by atoms with E-state index in [9.17, 15) is 24.0 Å². The van der Waals surface area contributed by atoms with Crippen LogP contribution < -0.4 is 10.1 Å². The predicted octanol–water partition coefficient (Wildman–Crippen LogP) is 2.32. The maximum absolute atomic E-state index is 13.9. The highest BCUT2D eigenvalue weighted by Gasteiger charge is 2.50. The van der Waals surface area contributed by atoms with Crippen molar-refractivity contribution in [3.05, 3.63) is 30.0 Å². The van der Waals surface area contributed by atoms with Gasteiger partial charge in [0, 0.05) is 43.9 Å². The first kappa shape index (κ1) is 26.9. The minimum absolute atomic E-state index is 0.0266. The third-order valence-corrected chi connectivity index (χ3v) is 8.70. The molecule has 39 heavy (non-hydrogen) atoms. The lowest BCUT2D eigenvalue weighted by atomic mass is 9.91. The van der Waals surface area contributed by atoms with Gasteiger partial charge in [0.25, 0.3) is 11.8 Å². The van der Waals surface area contributed by atoms with Crippen LogP contribution in [0.25, 0.3) is 10.9 Å². The summed E-state index contributed by atoms with van der Waals surface area (Å²) in [5.74, 6) is -1.70. The normalized spacial score (nSPS) is 25.0. The zero-order valence-corrected chi connectivity index (χ0v) is 22.7. The summed E-state index contributed by atoms with van der Waals surface area (Å²) in [6.45, 7) is 0.449. The molecule has 3 aliphatic rings. The van der Waals surface area contributed by atoms with Crippen molar-refractivity contribution >= 4 is 40.2 Å². The maximum atomic E-state index is 13.9. The van der Waals surface area contributed by atoms with Crippen LogP contribution in [0.5, 0.6) is 5.75 Å². The number of rotatable bonds is 8. The van der Waals surface area contributed by atoms with Gasteiger partial charge >= 0.3 is 0 Å². The number of nitrogens with one attached hydrogen (secondary N) is 2. The Bertz CT molecular complexity index is 1320. The molecule has 10 nitrogen and oxygen atoms in total. The van der Waals surface area contributed by atoms with Gasteiger partial charge in [0.1, 0.15) is 23.3 Å². The van der Waals surface area contributed by atoms with Gasteiger partial charge in [-0.1, -0.05) is 12.5 Å². The van der Waals surface area contributed by atoms with E-state index in [2.05, 4.69) is 10.3 Å². The fraction of sp³-hybridized carbons (Fsp3) is 0.552. The molecule has 2 heterocycles. The fourth-order valence-electron chi connectivity index (χ4n) is 6.71. The van der Waals surface area contributed by atoms with Gasteiger partial charge in [0.05, 0.1) is 13.2 Å². The lowest BCUT2D eigenvalue weighted by Crippen LogP contribution is -2.55. The number of hydrogen-bond donors (Lipinski definition) is 2. The molecule has 3 fully saturated rings. The van der Waals surface area contributed by atoms with Gasteiger partial charge in [-0.2, -0.15) is 0 Å². The average Bonchev–Trinajstić information content (AvgIpc) is 3.70. The molecule has 1 saturated heterocycles. The van der Waals surface area contributed by atoms with Crippen LogP contribution in [-0.4, -0.2) is 83.9 Å². The Morgan fingerprint density at radius 1 is 1.15 bits per heavy atom. The van der Waals surface area contributed by atoms with Gasteiger partial charge in [-0.05, 0) is 62.1 Å². The van der Waals surface area contributed by atoms with Gasteiger partial charge in [0.2, 0.25) is 11.7 Å². The van der Waals surface area contributed by atoms with Crippen LogP contribution in [-0.2, 0) is 19.2 Å². The first-order valence-corrected chi connectivity index (χ1v) is 13.7. The maximum Gasteiger partial charge on any atom is 0.291 e. The van der Waals surface area contributed by atoms with Crippen LogP contribution in [0.15, 0.2) is 24.3 Å². The van der Waals surface area contributed by atoms with Crippen molar-refractivity contribution < 1.29 is 28.7 Å². The first-order valence-electron chi connectivity index (χ1n) is 13.7. The SMILES string of the molecule is COc1cccc2[nH]c(C(=O)N3CC4CCCC4C3C(=O)NC(CC3CCCC3=O)C(=O)C(=O)N(C)C)cc12. The molecule has 2 aromatic rings. The summed E-state index contributed by atoms with van der Waals surface area (Å²) in [7, 11) is 4.54. The van der Waals surface area contributed by atoms with E-state index in [0.717, 1.165) is 36.6 Å². The number of amides is 3. The standard InChI is InChI=1S/C29H36N4O6/c1-32(2)29(38)26(35)21(13-16-7-5-11-23(16)34)31-27(36)25-18-9-4-8-17(18)15-33(25)28(37)22-14-19-20(30-22)10-6-12-24(19)39-3/h6,10,12,14,16-18,21,25,30H,4-5,7-9,11,13,15H2,1-3H3,(H,31,36). The Kier molecular flexibility index (Phi) is 7.46. The minimum atomic E-state index is -1.12. The van der Waals surface area contributed by atoms with Crippen molar-refractivity contribution in [2.24, 2.45) is 17.8 Å². The number of nitrogens with zero attached hydrogens (tertiary/aromatic N) is 2. The molecule has 0 spiro atoms. The molecule has 0 radical (unpaired) electrons. The Morgan fingerprint density at radius 3 is 2.64 bits per heavy atom. The molecular weight excluding hydrogens is 500 g/mol. The largest absolute Gasteiger partial charge is 0.496 e. The molecule has 1 aromatic heterocycles. The predicted molar refractivity (Wildman–Crippen MR) is 143 cm³/mol. The van der Waals surface area contributed by atoms with Gasteiger partial charge in [-0.15, -0.1) is 0 Å². The van der Waals surface area contributed by atoms with Crippen LogP contribution in [0.2, 0.25) is 0 Å². The second kappa shape index (κ2) is 10.8. The number of carbonyl (C=O) groups excluding carboxylic acids is 5. The zero-order valence-electron chi connectivity index (χ0n) is 22.7. The second-order valence-electron chi connectivity index (χ2n) is 11.3. The number of likely N-dealkylation sites (N-methyl/N-ethyl adjacent to an activating group) is 1. The van der Waals surface area contributed by atoms with E-state index in [-0.39, 0.29) is 35.9 Å². The lowest BCUT2D eigenvalue weighted by molar-refractivity contribution is -0.145. The van der Waals surface area contributed by atoms with Crippen molar-refractivity contribution in [1.82, 2.24) is 20.1 Å². The molecule has 2 aliphatic carbocycles. The van der Waals surface area contributed by atoms with Crippen LogP contribution in [0, 0.1) is 17.8 Å². The number of likely N-dealkylation sites (tertiary alicyclic amines) is 1. The highest BCUT2D eigenvalue weighted by molar-refractivity contribution is 6.38. The number of H-pyrrole nitrogens is 1. The molecule has 5 rings (SSSR count). The topological polar surface area (TPSA) is 129 Å². The third-order valence-electron chi connectivity index (χ3n) is 8.70. The molecule has 5 unspecified atom stereocenters. The number of benzene rings is 1. The van der Waals surface area contributed by atoms with Gasteiger partial charge in [-0.25, -0.2) is 0 Å². The number of ketones is 2. The highest BCUT2D eigenvalue weighted by Crippen LogP contribution is 2.43. The van der Waals surface area contributed by atoms with Crippen molar-refractivity contribution in [3.8, 4) is 5.75 Å². The van der Waals surface area contributed by atoms with E-state index < -0.39 is 29.7 Å². The van der Waals surface area contributed by atoms with Crippen molar-refractivity contribution in [1.29, 1.82) is 0 Å². The van der Waals surface area contributed by atoms with Crippen LogP contribution in [0.4, 0.5) is 0 Å². The van der Waals surface area contributed by atoms with E-state index in [4.69, 9.17) is 4.74 Å². The summed E-state index contributed by atoms with van der Waals surface area (Å²) < 4.78 is 5.43. The smallest absolute Gasteiger partial charge is 0.291 e. The fourth-order valence-corrected chi connectivity index (χ4v) is 6.71. The highest BCUT2D eigenvalue weighted by atomic mass is 16.5. The first-order chi connectivity index (χ1) is 18.7. The van der Waals surface area contributed by atoms with E-state index >= 15 is 0 Å². The number of aromatic nitrogens is 1. The Hall–Kier alpha value is -3.69. The lowest BCUT2D eigenvalue weighted by Gasteiger charge is -2.29. The van der Waals surface area contributed by atoms with Gasteiger partial charge in [0.15, 0.2) is 0 Å². The van der Waals surface area contributed by atoms with E-state index in [1.165, 1.54) is 19.0 Å². The second-order valence-corrected chi connectivity index (χ2v) is 11.3. The monoisotopic (exact) mass is 536 g/mol. The number of aromatic amines is 1. The Morgan fingerprint density at radius 2 is 1.95 bits per heavy atom. The molecule has 0 bridgehead atoms.